The molecule has 2 rings (SSSR count). The van der Waals surface area contributed by atoms with Gasteiger partial charge in [0.15, 0.2) is 0 Å². The molecule has 0 aliphatic carbocycles. The lowest BCUT2D eigenvalue weighted by Crippen LogP contribution is -1.98. The van der Waals surface area contributed by atoms with E-state index in [1.54, 1.807) is 24.3 Å². The molecule has 20 heavy (non-hydrogen) atoms. The Bertz CT molecular complexity index is 673. The average Bonchev–Trinajstić information content (AvgIpc) is 2.38. The predicted molar refractivity (Wildman–Crippen MR) is 80.5 cm³/mol. The molecule has 0 saturated heterocycles. The maximum atomic E-state index is 14.0. The van der Waals surface area contributed by atoms with Crippen molar-refractivity contribution in [1.29, 1.82) is 0 Å². The van der Waals surface area contributed by atoms with Gasteiger partial charge in [0.25, 0.3) is 0 Å². The van der Waals surface area contributed by atoms with Crippen LogP contribution in [-0.4, -0.2) is 11.4 Å². The predicted octanol–water partition coefficient (Wildman–Crippen LogP) is 3.83. The van der Waals surface area contributed by atoms with E-state index in [0.29, 0.717) is 27.9 Å². The highest BCUT2D eigenvalue weighted by Crippen LogP contribution is 2.31. The van der Waals surface area contributed by atoms with Crippen molar-refractivity contribution >= 4 is 18.0 Å². The first-order valence-electron chi connectivity index (χ1n) is 6.07. The number of benzene rings is 2. The van der Waals surface area contributed by atoms with Crippen LogP contribution in [0.2, 0.25) is 0 Å². The van der Waals surface area contributed by atoms with E-state index >= 15 is 0 Å². The standard InChI is InChI=1S/C16H15FN2O/c1-3-13-12(9-19-20)7-11(8-15(13)18)16-10(2)5-4-6-14(16)17/h3-9,20H,1,18H2,2H3/b19-9-. The van der Waals surface area contributed by atoms with Crippen molar-refractivity contribution in [2.45, 2.75) is 6.92 Å². The highest BCUT2D eigenvalue weighted by molar-refractivity contribution is 5.92. The number of anilines is 1. The Morgan fingerprint density at radius 1 is 1.35 bits per heavy atom. The Morgan fingerprint density at radius 2 is 2.10 bits per heavy atom. The number of nitrogen functional groups attached to an aromatic ring is 1. The van der Waals surface area contributed by atoms with Crippen LogP contribution in [0.4, 0.5) is 10.1 Å². The number of oxime groups is 1. The van der Waals surface area contributed by atoms with Gasteiger partial charge in [-0.15, -0.1) is 0 Å². The highest BCUT2D eigenvalue weighted by atomic mass is 19.1. The van der Waals surface area contributed by atoms with Gasteiger partial charge in [0.1, 0.15) is 5.82 Å². The van der Waals surface area contributed by atoms with Crippen molar-refractivity contribution in [3.8, 4) is 11.1 Å². The Balaban J connectivity index is 2.73. The largest absolute Gasteiger partial charge is 0.411 e. The number of halogens is 1. The summed E-state index contributed by atoms with van der Waals surface area (Å²) in [4.78, 5) is 0. The molecule has 0 saturated carbocycles. The van der Waals surface area contributed by atoms with Crippen LogP contribution in [-0.2, 0) is 0 Å². The van der Waals surface area contributed by atoms with Gasteiger partial charge in [0, 0.05) is 22.4 Å². The summed E-state index contributed by atoms with van der Waals surface area (Å²) >= 11 is 0. The normalized spacial score (nSPS) is 10.9. The molecule has 4 heteroatoms. The second-order valence-corrected chi connectivity index (χ2v) is 4.45. The van der Waals surface area contributed by atoms with E-state index in [-0.39, 0.29) is 5.82 Å². The number of nitrogens with two attached hydrogens (primary N) is 1. The number of aryl methyl sites for hydroxylation is 1. The third-order valence-corrected chi connectivity index (χ3v) is 3.16. The van der Waals surface area contributed by atoms with Crippen molar-refractivity contribution in [3.05, 3.63) is 59.4 Å². The molecule has 0 fully saturated rings. The first-order chi connectivity index (χ1) is 9.58. The lowest BCUT2D eigenvalue weighted by atomic mass is 9.95. The van der Waals surface area contributed by atoms with Crippen molar-refractivity contribution in [2.24, 2.45) is 5.16 Å². The van der Waals surface area contributed by atoms with Crippen LogP contribution in [0.3, 0.4) is 0 Å². The second-order valence-electron chi connectivity index (χ2n) is 4.45. The van der Waals surface area contributed by atoms with Crippen molar-refractivity contribution in [1.82, 2.24) is 0 Å². The summed E-state index contributed by atoms with van der Waals surface area (Å²) in [5, 5.41) is 11.7. The van der Waals surface area contributed by atoms with Gasteiger partial charge in [0.05, 0.1) is 6.21 Å². The zero-order chi connectivity index (χ0) is 14.7. The number of hydrogen-bond acceptors (Lipinski definition) is 3. The van der Waals surface area contributed by atoms with Crippen LogP contribution < -0.4 is 5.73 Å². The number of rotatable bonds is 3. The van der Waals surface area contributed by atoms with Crippen LogP contribution >= 0.6 is 0 Å². The van der Waals surface area contributed by atoms with Gasteiger partial charge in [-0.25, -0.2) is 4.39 Å². The summed E-state index contributed by atoms with van der Waals surface area (Å²) < 4.78 is 14.0. The molecule has 0 heterocycles. The fraction of sp³-hybridized carbons (Fsp3) is 0.0625. The molecule has 0 aliphatic rings. The first kappa shape index (κ1) is 13.8. The van der Waals surface area contributed by atoms with E-state index in [4.69, 9.17) is 10.9 Å². The van der Waals surface area contributed by atoms with Gasteiger partial charge in [-0.05, 0) is 36.2 Å². The molecule has 0 unspecified atom stereocenters. The van der Waals surface area contributed by atoms with Crippen LogP contribution in [0.1, 0.15) is 16.7 Å². The SMILES string of the molecule is C=Cc1c(N)cc(-c2c(C)cccc2F)cc1/C=N\O. The molecule has 3 nitrogen and oxygen atoms in total. The molecule has 0 amide bonds. The number of nitrogens with zero attached hydrogens (tertiary/aromatic N) is 1. The molecule has 0 bridgehead atoms. The quantitative estimate of drug-likeness (QED) is 0.385. The lowest BCUT2D eigenvalue weighted by molar-refractivity contribution is 0.322. The number of hydrogen-bond donors (Lipinski definition) is 2. The molecule has 2 aromatic carbocycles. The van der Waals surface area contributed by atoms with E-state index in [9.17, 15) is 4.39 Å². The van der Waals surface area contributed by atoms with Gasteiger partial charge < -0.3 is 10.9 Å². The minimum absolute atomic E-state index is 0.317. The average molecular weight is 270 g/mol. The highest BCUT2D eigenvalue weighted by Gasteiger charge is 2.12. The van der Waals surface area contributed by atoms with Crippen LogP contribution in [0.25, 0.3) is 17.2 Å². The summed E-state index contributed by atoms with van der Waals surface area (Å²) in [6.07, 6.45) is 2.83. The first-order valence-corrected chi connectivity index (χ1v) is 6.07. The molecule has 0 spiro atoms. The summed E-state index contributed by atoms with van der Waals surface area (Å²) in [5.41, 5.74) is 9.59. The summed E-state index contributed by atoms with van der Waals surface area (Å²) in [7, 11) is 0. The Kier molecular flexibility index (Phi) is 3.84. The van der Waals surface area contributed by atoms with Crippen LogP contribution in [0, 0.1) is 12.7 Å². The maximum Gasteiger partial charge on any atom is 0.131 e. The minimum atomic E-state index is -0.317. The zero-order valence-corrected chi connectivity index (χ0v) is 11.1. The van der Waals surface area contributed by atoms with E-state index in [1.807, 2.05) is 13.0 Å². The molecule has 102 valence electrons. The molecule has 0 atom stereocenters. The van der Waals surface area contributed by atoms with Gasteiger partial charge >= 0.3 is 0 Å². The van der Waals surface area contributed by atoms with Gasteiger partial charge in [0.2, 0.25) is 0 Å². The Hall–Kier alpha value is -2.62. The lowest BCUT2D eigenvalue weighted by Gasteiger charge is -2.12. The summed E-state index contributed by atoms with van der Waals surface area (Å²) in [6, 6.07) is 8.30. The Labute approximate surface area is 116 Å². The second kappa shape index (κ2) is 5.57. The topological polar surface area (TPSA) is 58.6 Å². The van der Waals surface area contributed by atoms with E-state index in [0.717, 1.165) is 5.56 Å². The van der Waals surface area contributed by atoms with Gasteiger partial charge in [-0.2, -0.15) is 0 Å². The molecule has 2 aromatic rings. The van der Waals surface area contributed by atoms with E-state index in [1.165, 1.54) is 12.3 Å². The monoisotopic (exact) mass is 270 g/mol. The molecule has 0 aliphatic heterocycles. The fourth-order valence-corrected chi connectivity index (χ4v) is 2.25. The fourth-order valence-electron chi connectivity index (χ4n) is 2.25. The molecule has 0 aromatic heterocycles. The zero-order valence-electron chi connectivity index (χ0n) is 11.1. The van der Waals surface area contributed by atoms with Gasteiger partial charge in [-0.1, -0.05) is 29.9 Å². The van der Waals surface area contributed by atoms with Crippen molar-refractivity contribution in [2.75, 3.05) is 5.73 Å². The van der Waals surface area contributed by atoms with E-state index in [2.05, 4.69) is 11.7 Å². The third kappa shape index (κ3) is 2.40. The van der Waals surface area contributed by atoms with Crippen molar-refractivity contribution in [3.63, 3.8) is 0 Å². The van der Waals surface area contributed by atoms with E-state index < -0.39 is 0 Å². The Morgan fingerprint density at radius 3 is 2.70 bits per heavy atom. The molecule has 3 N–H and O–H groups in total. The third-order valence-electron chi connectivity index (χ3n) is 3.16. The maximum absolute atomic E-state index is 14.0. The smallest absolute Gasteiger partial charge is 0.131 e. The molecular weight excluding hydrogens is 255 g/mol. The van der Waals surface area contributed by atoms with Gasteiger partial charge in [-0.3, -0.25) is 0 Å². The van der Waals surface area contributed by atoms with Crippen LogP contribution in [0.5, 0.6) is 0 Å². The summed E-state index contributed by atoms with van der Waals surface area (Å²) in [5.74, 6) is -0.317. The summed E-state index contributed by atoms with van der Waals surface area (Å²) in [6.45, 7) is 5.50. The molecular formula is C16H15FN2O. The minimum Gasteiger partial charge on any atom is -0.411 e. The van der Waals surface area contributed by atoms with Crippen LogP contribution in [0.15, 0.2) is 42.1 Å². The molecule has 0 radical (unpaired) electrons. The van der Waals surface area contributed by atoms with Crippen molar-refractivity contribution < 1.29 is 9.60 Å².